The standard InChI is InChI=1S/C13H13FN2O2S/c1-9-4-2-3-5-13(9)19(17,18)16-12-7-6-10(14)8-11(12)15/h2-8,16H,15H2,1H3. The highest BCUT2D eigenvalue weighted by Gasteiger charge is 2.17. The van der Waals surface area contributed by atoms with Crippen LogP contribution in [0.15, 0.2) is 47.4 Å². The van der Waals surface area contributed by atoms with Crippen LogP contribution in [-0.2, 0) is 10.0 Å². The molecule has 2 rings (SSSR count). The Morgan fingerprint density at radius 3 is 2.47 bits per heavy atom. The first-order valence-electron chi connectivity index (χ1n) is 5.53. The molecule has 2 aromatic rings. The van der Waals surface area contributed by atoms with Gasteiger partial charge in [0.2, 0.25) is 0 Å². The normalized spacial score (nSPS) is 11.3. The average molecular weight is 280 g/mol. The zero-order valence-electron chi connectivity index (χ0n) is 10.2. The van der Waals surface area contributed by atoms with Gasteiger partial charge in [-0.25, -0.2) is 12.8 Å². The van der Waals surface area contributed by atoms with E-state index in [1.54, 1.807) is 25.1 Å². The van der Waals surface area contributed by atoms with Crippen molar-refractivity contribution in [3.63, 3.8) is 0 Å². The van der Waals surface area contributed by atoms with Crippen molar-refractivity contribution in [2.75, 3.05) is 10.5 Å². The fourth-order valence-electron chi connectivity index (χ4n) is 1.68. The van der Waals surface area contributed by atoms with Gasteiger partial charge in [-0.2, -0.15) is 0 Å². The van der Waals surface area contributed by atoms with E-state index in [0.717, 1.165) is 12.1 Å². The molecule has 2 aromatic carbocycles. The van der Waals surface area contributed by atoms with Crippen LogP contribution in [0.5, 0.6) is 0 Å². The van der Waals surface area contributed by atoms with E-state index < -0.39 is 15.8 Å². The summed E-state index contributed by atoms with van der Waals surface area (Å²) < 4.78 is 39.7. The molecule has 0 unspecified atom stereocenters. The molecule has 0 bridgehead atoms. The molecular weight excluding hydrogens is 267 g/mol. The molecule has 0 aliphatic heterocycles. The number of nitrogen functional groups attached to an aromatic ring is 1. The predicted octanol–water partition coefficient (Wildman–Crippen LogP) is 2.52. The Kier molecular flexibility index (Phi) is 3.44. The summed E-state index contributed by atoms with van der Waals surface area (Å²) in [7, 11) is -3.73. The number of nitrogens with two attached hydrogens (primary N) is 1. The molecule has 100 valence electrons. The monoisotopic (exact) mass is 280 g/mol. The van der Waals surface area contributed by atoms with Crippen molar-refractivity contribution in [2.45, 2.75) is 11.8 Å². The van der Waals surface area contributed by atoms with Gasteiger partial charge < -0.3 is 5.73 Å². The summed E-state index contributed by atoms with van der Waals surface area (Å²) in [5.41, 5.74) is 6.39. The summed E-state index contributed by atoms with van der Waals surface area (Å²) in [5.74, 6) is -0.517. The Balaban J connectivity index is 2.40. The molecule has 0 spiro atoms. The van der Waals surface area contributed by atoms with Crippen molar-refractivity contribution in [2.24, 2.45) is 0 Å². The maximum Gasteiger partial charge on any atom is 0.262 e. The molecule has 0 atom stereocenters. The van der Waals surface area contributed by atoms with Gasteiger partial charge in [-0.3, -0.25) is 4.72 Å². The molecule has 0 aromatic heterocycles. The van der Waals surface area contributed by atoms with Gasteiger partial charge >= 0.3 is 0 Å². The van der Waals surface area contributed by atoms with E-state index in [0.29, 0.717) is 5.56 Å². The number of halogens is 1. The fourth-order valence-corrected chi connectivity index (χ4v) is 3.02. The van der Waals surface area contributed by atoms with E-state index in [9.17, 15) is 12.8 Å². The summed E-state index contributed by atoms with van der Waals surface area (Å²) in [5, 5.41) is 0. The van der Waals surface area contributed by atoms with Gasteiger partial charge in [0.25, 0.3) is 10.0 Å². The molecule has 0 aliphatic carbocycles. The molecule has 19 heavy (non-hydrogen) atoms. The summed E-state index contributed by atoms with van der Waals surface area (Å²) in [6, 6.07) is 10.1. The lowest BCUT2D eigenvalue weighted by atomic mass is 10.2. The Bertz CT molecular complexity index is 714. The minimum absolute atomic E-state index is 0.0390. The van der Waals surface area contributed by atoms with Crippen LogP contribution in [0.3, 0.4) is 0 Å². The van der Waals surface area contributed by atoms with Crippen LogP contribution in [0.2, 0.25) is 0 Å². The molecule has 0 amide bonds. The van der Waals surface area contributed by atoms with E-state index >= 15 is 0 Å². The van der Waals surface area contributed by atoms with Crippen molar-refractivity contribution in [1.29, 1.82) is 0 Å². The minimum Gasteiger partial charge on any atom is -0.397 e. The first-order chi connectivity index (χ1) is 8.90. The summed E-state index contributed by atoms with van der Waals surface area (Å²) in [6.07, 6.45) is 0. The zero-order chi connectivity index (χ0) is 14.0. The molecule has 0 radical (unpaired) electrons. The summed E-state index contributed by atoms with van der Waals surface area (Å²) >= 11 is 0. The van der Waals surface area contributed by atoms with Gasteiger partial charge in [-0.15, -0.1) is 0 Å². The zero-order valence-corrected chi connectivity index (χ0v) is 11.0. The number of sulfonamides is 1. The van der Waals surface area contributed by atoms with Gasteiger partial charge in [0.1, 0.15) is 5.82 Å². The maximum absolute atomic E-state index is 12.9. The first kappa shape index (κ1) is 13.4. The summed E-state index contributed by atoms with van der Waals surface area (Å²) in [6.45, 7) is 1.70. The lowest BCUT2D eigenvalue weighted by Crippen LogP contribution is -2.15. The topological polar surface area (TPSA) is 72.2 Å². The SMILES string of the molecule is Cc1ccccc1S(=O)(=O)Nc1ccc(F)cc1N. The number of rotatable bonds is 3. The number of anilines is 2. The van der Waals surface area contributed by atoms with Crippen LogP contribution in [0.25, 0.3) is 0 Å². The van der Waals surface area contributed by atoms with Crippen LogP contribution in [0, 0.1) is 12.7 Å². The number of benzene rings is 2. The Morgan fingerprint density at radius 2 is 1.84 bits per heavy atom. The van der Waals surface area contributed by atoms with Gasteiger partial charge in [-0.1, -0.05) is 18.2 Å². The average Bonchev–Trinajstić information content (AvgIpc) is 2.33. The van der Waals surface area contributed by atoms with E-state index in [2.05, 4.69) is 4.72 Å². The van der Waals surface area contributed by atoms with Crippen molar-refractivity contribution in [1.82, 2.24) is 0 Å². The van der Waals surface area contributed by atoms with Crippen LogP contribution in [0.4, 0.5) is 15.8 Å². The second kappa shape index (κ2) is 4.89. The van der Waals surface area contributed by atoms with Crippen molar-refractivity contribution in [3.05, 3.63) is 53.8 Å². The molecule has 0 fully saturated rings. The molecule has 0 saturated heterocycles. The quantitative estimate of drug-likeness (QED) is 0.848. The van der Waals surface area contributed by atoms with Gasteiger partial charge in [0.15, 0.2) is 0 Å². The Morgan fingerprint density at radius 1 is 1.16 bits per heavy atom. The van der Waals surface area contributed by atoms with Crippen LogP contribution in [-0.4, -0.2) is 8.42 Å². The lowest BCUT2D eigenvalue weighted by molar-refractivity contribution is 0.600. The second-order valence-electron chi connectivity index (χ2n) is 4.10. The van der Waals surface area contributed by atoms with E-state index in [-0.39, 0.29) is 16.3 Å². The second-order valence-corrected chi connectivity index (χ2v) is 5.75. The van der Waals surface area contributed by atoms with Gasteiger partial charge in [0.05, 0.1) is 16.3 Å². The van der Waals surface area contributed by atoms with E-state index in [1.807, 2.05) is 0 Å². The Labute approximate surface area is 111 Å². The van der Waals surface area contributed by atoms with Crippen molar-refractivity contribution in [3.8, 4) is 0 Å². The lowest BCUT2D eigenvalue weighted by Gasteiger charge is -2.11. The third-order valence-electron chi connectivity index (χ3n) is 2.64. The van der Waals surface area contributed by atoms with E-state index in [4.69, 9.17) is 5.73 Å². The van der Waals surface area contributed by atoms with Gasteiger partial charge in [0, 0.05) is 0 Å². The van der Waals surface area contributed by atoms with Crippen molar-refractivity contribution < 1.29 is 12.8 Å². The highest BCUT2D eigenvalue weighted by Crippen LogP contribution is 2.24. The molecule has 0 saturated carbocycles. The van der Waals surface area contributed by atoms with Gasteiger partial charge in [-0.05, 0) is 36.8 Å². The van der Waals surface area contributed by atoms with Crippen LogP contribution >= 0.6 is 0 Å². The molecule has 4 nitrogen and oxygen atoms in total. The number of hydrogen-bond donors (Lipinski definition) is 2. The fraction of sp³-hybridized carbons (Fsp3) is 0.0769. The molecule has 0 aliphatic rings. The summed E-state index contributed by atoms with van der Waals surface area (Å²) in [4.78, 5) is 0.165. The highest BCUT2D eigenvalue weighted by molar-refractivity contribution is 7.92. The smallest absolute Gasteiger partial charge is 0.262 e. The van der Waals surface area contributed by atoms with E-state index in [1.165, 1.54) is 12.1 Å². The number of aryl methyl sites for hydroxylation is 1. The van der Waals surface area contributed by atoms with Crippen LogP contribution < -0.4 is 10.5 Å². The molecular formula is C13H13FN2O2S. The number of hydrogen-bond acceptors (Lipinski definition) is 3. The molecule has 3 N–H and O–H groups in total. The van der Waals surface area contributed by atoms with Crippen LogP contribution in [0.1, 0.15) is 5.56 Å². The molecule has 6 heteroatoms. The third-order valence-corrected chi connectivity index (χ3v) is 4.17. The molecule has 0 heterocycles. The third kappa shape index (κ3) is 2.85. The predicted molar refractivity (Wildman–Crippen MR) is 72.8 cm³/mol. The Hall–Kier alpha value is -2.08. The first-order valence-corrected chi connectivity index (χ1v) is 7.02. The largest absolute Gasteiger partial charge is 0.397 e. The highest BCUT2D eigenvalue weighted by atomic mass is 32.2. The number of nitrogens with one attached hydrogen (secondary N) is 1. The minimum atomic E-state index is -3.73. The van der Waals surface area contributed by atoms with Crippen molar-refractivity contribution >= 4 is 21.4 Å². The maximum atomic E-state index is 12.9.